The van der Waals surface area contributed by atoms with Gasteiger partial charge in [0.15, 0.2) is 18.1 Å². The predicted molar refractivity (Wildman–Crippen MR) is 124 cm³/mol. The number of benzene rings is 2. The smallest absolute Gasteiger partial charge is 0.263 e. The number of fused-ring (bicyclic) bond motifs is 1. The molecular formula is C23H22N4O4S. The van der Waals surface area contributed by atoms with Gasteiger partial charge in [0, 0.05) is 6.07 Å². The number of hydrogen-bond donors (Lipinski definition) is 1. The molecule has 0 aliphatic rings. The van der Waals surface area contributed by atoms with Gasteiger partial charge in [-0.1, -0.05) is 36.1 Å². The van der Waals surface area contributed by atoms with Crippen LogP contribution in [0.4, 0.5) is 5.82 Å². The van der Waals surface area contributed by atoms with E-state index < -0.39 is 0 Å². The lowest BCUT2D eigenvalue weighted by Gasteiger charge is -2.12. The van der Waals surface area contributed by atoms with Crippen molar-refractivity contribution in [3.63, 3.8) is 0 Å². The SMILES string of the molecule is C=CCOc1ccccc1OCC(=O)Nc1cc(C)nn1-c1nc2ccc(OC)cc2s1. The summed E-state index contributed by atoms with van der Waals surface area (Å²) in [6, 6.07) is 14.6. The van der Waals surface area contributed by atoms with Crippen LogP contribution in [0.5, 0.6) is 17.2 Å². The minimum Gasteiger partial charge on any atom is -0.497 e. The summed E-state index contributed by atoms with van der Waals surface area (Å²) in [4.78, 5) is 17.2. The topological polar surface area (TPSA) is 87.5 Å². The van der Waals surface area contributed by atoms with Crippen LogP contribution >= 0.6 is 11.3 Å². The first-order valence-electron chi connectivity index (χ1n) is 9.84. The summed E-state index contributed by atoms with van der Waals surface area (Å²) in [5, 5.41) is 7.98. The van der Waals surface area contributed by atoms with Crippen LogP contribution in [0.2, 0.25) is 0 Å². The summed E-state index contributed by atoms with van der Waals surface area (Å²) in [6.45, 7) is 5.65. The molecule has 0 bridgehead atoms. The van der Waals surface area contributed by atoms with Crippen molar-refractivity contribution in [1.29, 1.82) is 0 Å². The molecule has 4 rings (SSSR count). The predicted octanol–water partition coefficient (Wildman–Crippen LogP) is 4.38. The molecule has 0 unspecified atom stereocenters. The molecule has 0 aliphatic heterocycles. The van der Waals surface area contributed by atoms with E-state index in [2.05, 4.69) is 22.0 Å². The van der Waals surface area contributed by atoms with Crippen LogP contribution in [0.3, 0.4) is 0 Å². The fourth-order valence-electron chi connectivity index (χ4n) is 3.00. The summed E-state index contributed by atoms with van der Waals surface area (Å²) in [5.41, 5.74) is 1.58. The Bertz CT molecular complexity index is 1260. The first kappa shape index (κ1) is 21.4. The molecule has 8 nitrogen and oxygen atoms in total. The zero-order valence-electron chi connectivity index (χ0n) is 17.7. The molecule has 4 aromatic rings. The van der Waals surface area contributed by atoms with Crippen LogP contribution in [0.25, 0.3) is 15.3 Å². The van der Waals surface area contributed by atoms with E-state index in [0.29, 0.717) is 29.1 Å². The van der Waals surface area contributed by atoms with Crippen molar-refractivity contribution in [3.8, 4) is 22.4 Å². The Hall–Kier alpha value is -3.85. The van der Waals surface area contributed by atoms with Crippen LogP contribution < -0.4 is 19.5 Å². The number of rotatable bonds is 9. The monoisotopic (exact) mass is 450 g/mol. The average Bonchev–Trinajstić information content (AvgIpc) is 3.38. The van der Waals surface area contributed by atoms with Crippen molar-refractivity contribution in [3.05, 3.63) is 66.9 Å². The van der Waals surface area contributed by atoms with E-state index in [1.165, 1.54) is 11.3 Å². The fourth-order valence-corrected chi connectivity index (χ4v) is 3.96. The number of thiazole rings is 1. The van der Waals surface area contributed by atoms with Gasteiger partial charge in [-0.15, -0.1) is 0 Å². The summed E-state index contributed by atoms with van der Waals surface area (Å²) < 4.78 is 19.1. The standard InChI is InChI=1S/C23H22N4O4S/c1-4-11-30-18-7-5-6-8-19(18)31-14-22(28)25-21-12-15(2)26-27(21)23-24-17-10-9-16(29-3)13-20(17)32-23/h4-10,12-13H,1,11,14H2,2-3H3,(H,25,28). The number of aryl methyl sites for hydroxylation is 1. The summed E-state index contributed by atoms with van der Waals surface area (Å²) in [7, 11) is 1.62. The number of para-hydroxylation sites is 2. The number of carbonyl (C=O) groups is 1. The second-order valence-electron chi connectivity index (χ2n) is 6.80. The van der Waals surface area contributed by atoms with Gasteiger partial charge in [-0.25, -0.2) is 4.98 Å². The van der Waals surface area contributed by atoms with Crippen LogP contribution in [0, 0.1) is 6.92 Å². The molecule has 1 amide bonds. The third-order valence-electron chi connectivity index (χ3n) is 4.43. The van der Waals surface area contributed by atoms with Gasteiger partial charge in [0.05, 0.1) is 23.0 Å². The van der Waals surface area contributed by atoms with Crippen LogP contribution in [-0.2, 0) is 4.79 Å². The van der Waals surface area contributed by atoms with Gasteiger partial charge < -0.3 is 19.5 Å². The normalized spacial score (nSPS) is 10.7. The van der Waals surface area contributed by atoms with Gasteiger partial charge in [-0.2, -0.15) is 9.78 Å². The molecule has 32 heavy (non-hydrogen) atoms. The van der Waals surface area contributed by atoms with Crippen molar-refractivity contribution >= 4 is 33.3 Å². The number of nitrogens with one attached hydrogen (secondary N) is 1. The molecule has 0 aliphatic carbocycles. The highest BCUT2D eigenvalue weighted by molar-refractivity contribution is 7.20. The third-order valence-corrected chi connectivity index (χ3v) is 5.42. The molecule has 2 heterocycles. The van der Waals surface area contributed by atoms with Crippen molar-refractivity contribution in [2.45, 2.75) is 6.92 Å². The highest BCUT2D eigenvalue weighted by Crippen LogP contribution is 2.30. The molecule has 0 atom stereocenters. The lowest BCUT2D eigenvalue weighted by atomic mass is 10.3. The van der Waals surface area contributed by atoms with Gasteiger partial charge >= 0.3 is 0 Å². The number of amides is 1. The Balaban J connectivity index is 1.49. The molecule has 164 valence electrons. The first-order valence-corrected chi connectivity index (χ1v) is 10.7. The first-order chi connectivity index (χ1) is 15.6. The quantitative estimate of drug-likeness (QED) is 0.381. The lowest BCUT2D eigenvalue weighted by molar-refractivity contribution is -0.118. The van der Waals surface area contributed by atoms with Gasteiger partial charge in [0.25, 0.3) is 5.91 Å². The minimum absolute atomic E-state index is 0.185. The molecule has 0 fully saturated rings. The highest BCUT2D eigenvalue weighted by atomic mass is 32.1. The van der Waals surface area contributed by atoms with Crippen LogP contribution in [0.15, 0.2) is 61.2 Å². The van der Waals surface area contributed by atoms with Crippen LogP contribution in [-0.4, -0.2) is 41.0 Å². The molecule has 0 spiro atoms. The van der Waals surface area contributed by atoms with E-state index in [-0.39, 0.29) is 12.5 Å². The summed E-state index contributed by atoms with van der Waals surface area (Å²) in [5.74, 6) is 1.97. The molecule has 2 aromatic carbocycles. The number of anilines is 1. The number of ether oxygens (including phenoxy) is 3. The van der Waals surface area contributed by atoms with Crippen molar-refractivity contribution < 1.29 is 19.0 Å². The van der Waals surface area contributed by atoms with E-state index in [1.807, 2.05) is 37.3 Å². The third kappa shape index (κ3) is 4.73. The van der Waals surface area contributed by atoms with Crippen molar-refractivity contribution in [2.24, 2.45) is 0 Å². The van der Waals surface area contributed by atoms with E-state index in [9.17, 15) is 4.79 Å². The molecule has 2 aromatic heterocycles. The van der Waals surface area contributed by atoms with E-state index in [1.54, 1.807) is 36.1 Å². The maximum atomic E-state index is 12.6. The highest BCUT2D eigenvalue weighted by Gasteiger charge is 2.16. The number of aromatic nitrogens is 3. The second kappa shape index (κ2) is 9.52. The van der Waals surface area contributed by atoms with Gasteiger partial charge in [-0.3, -0.25) is 4.79 Å². The minimum atomic E-state index is -0.326. The summed E-state index contributed by atoms with van der Waals surface area (Å²) in [6.07, 6.45) is 1.64. The van der Waals surface area contributed by atoms with Crippen LogP contribution in [0.1, 0.15) is 5.69 Å². The number of hydrogen-bond acceptors (Lipinski definition) is 7. The fraction of sp³-hybridized carbons (Fsp3) is 0.174. The largest absolute Gasteiger partial charge is 0.497 e. The Labute approximate surface area is 189 Å². The second-order valence-corrected chi connectivity index (χ2v) is 7.81. The maximum Gasteiger partial charge on any atom is 0.263 e. The lowest BCUT2D eigenvalue weighted by Crippen LogP contribution is -2.22. The van der Waals surface area contributed by atoms with E-state index in [0.717, 1.165) is 21.7 Å². The van der Waals surface area contributed by atoms with Gasteiger partial charge in [-0.05, 0) is 37.3 Å². The van der Waals surface area contributed by atoms with Crippen molar-refractivity contribution in [1.82, 2.24) is 14.8 Å². The number of carbonyl (C=O) groups excluding carboxylic acids is 1. The molecular weight excluding hydrogens is 428 g/mol. The van der Waals surface area contributed by atoms with Crippen molar-refractivity contribution in [2.75, 3.05) is 25.6 Å². The van der Waals surface area contributed by atoms with E-state index in [4.69, 9.17) is 14.2 Å². The summed E-state index contributed by atoms with van der Waals surface area (Å²) >= 11 is 1.46. The molecule has 0 saturated heterocycles. The zero-order chi connectivity index (χ0) is 22.5. The van der Waals surface area contributed by atoms with Gasteiger partial charge in [0.2, 0.25) is 5.13 Å². The van der Waals surface area contributed by atoms with Gasteiger partial charge in [0.1, 0.15) is 18.2 Å². The zero-order valence-corrected chi connectivity index (χ0v) is 18.5. The Morgan fingerprint density at radius 3 is 2.72 bits per heavy atom. The molecule has 0 radical (unpaired) electrons. The van der Waals surface area contributed by atoms with E-state index >= 15 is 0 Å². The average molecular weight is 451 g/mol. The number of methoxy groups -OCH3 is 1. The number of nitrogens with zero attached hydrogens (tertiary/aromatic N) is 3. The molecule has 9 heteroatoms. The molecule has 0 saturated carbocycles. The Kier molecular flexibility index (Phi) is 6.37. The molecule has 1 N–H and O–H groups in total. The maximum absolute atomic E-state index is 12.6. The Morgan fingerprint density at radius 2 is 1.97 bits per heavy atom. The Morgan fingerprint density at radius 1 is 1.19 bits per heavy atom.